The number of benzene rings is 1. The highest BCUT2D eigenvalue weighted by Gasteiger charge is 2.21. The van der Waals surface area contributed by atoms with Crippen LogP contribution in [0.15, 0.2) is 60.2 Å². The fourth-order valence-corrected chi connectivity index (χ4v) is 2.29. The first-order valence-electron chi connectivity index (χ1n) is 6.97. The summed E-state index contributed by atoms with van der Waals surface area (Å²) in [6.45, 7) is 2.18. The predicted molar refractivity (Wildman–Crippen MR) is 80.7 cm³/mol. The van der Waals surface area contributed by atoms with Crippen LogP contribution in [0.25, 0.3) is 6.08 Å². The highest BCUT2D eigenvalue weighted by atomic mass is 16.1. The van der Waals surface area contributed by atoms with Crippen molar-refractivity contribution in [3.8, 4) is 0 Å². The van der Waals surface area contributed by atoms with Gasteiger partial charge in [-0.25, -0.2) is 0 Å². The SMILES string of the molecule is CCCCC1C=CC(=O)C1=CC=Cc1ccccc1. The summed E-state index contributed by atoms with van der Waals surface area (Å²) in [6.07, 6.45) is 13.2. The topological polar surface area (TPSA) is 17.1 Å². The molecule has 19 heavy (non-hydrogen) atoms. The van der Waals surface area contributed by atoms with Crippen LogP contribution in [0.1, 0.15) is 31.7 Å². The average Bonchev–Trinajstić information content (AvgIpc) is 2.79. The van der Waals surface area contributed by atoms with Crippen LogP contribution in [-0.2, 0) is 4.79 Å². The zero-order valence-electron chi connectivity index (χ0n) is 11.4. The molecule has 1 unspecified atom stereocenters. The van der Waals surface area contributed by atoms with Crippen LogP contribution >= 0.6 is 0 Å². The minimum Gasteiger partial charge on any atom is -0.290 e. The molecule has 1 atom stereocenters. The second kappa shape index (κ2) is 6.89. The van der Waals surface area contributed by atoms with E-state index in [4.69, 9.17) is 0 Å². The van der Waals surface area contributed by atoms with Crippen LogP contribution < -0.4 is 0 Å². The molecule has 1 heteroatoms. The molecule has 0 fully saturated rings. The first-order valence-corrected chi connectivity index (χ1v) is 6.97. The van der Waals surface area contributed by atoms with Gasteiger partial charge in [0.15, 0.2) is 5.78 Å². The Labute approximate surface area is 115 Å². The van der Waals surface area contributed by atoms with Gasteiger partial charge in [-0.15, -0.1) is 0 Å². The molecule has 0 heterocycles. The van der Waals surface area contributed by atoms with Gasteiger partial charge < -0.3 is 0 Å². The van der Waals surface area contributed by atoms with Gasteiger partial charge in [0.25, 0.3) is 0 Å². The number of ketones is 1. The number of allylic oxidation sites excluding steroid dienone is 5. The monoisotopic (exact) mass is 252 g/mol. The van der Waals surface area contributed by atoms with Crippen molar-refractivity contribution in [2.75, 3.05) is 0 Å². The Morgan fingerprint density at radius 1 is 1.21 bits per heavy atom. The van der Waals surface area contributed by atoms with Crippen molar-refractivity contribution in [2.24, 2.45) is 5.92 Å². The minimum atomic E-state index is 0.166. The third-order valence-corrected chi connectivity index (χ3v) is 3.40. The van der Waals surface area contributed by atoms with Gasteiger partial charge in [0, 0.05) is 11.5 Å². The molecule has 2 rings (SSSR count). The smallest absolute Gasteiger partial charge is 0.182 e. The maximum atomic E-state index is 11.8. The Bertz CT molecular complexity index is 506. The summed E-state index contributed by atoms with van der Waals surface area (Å²) < 4.78 is 0. The van der Waals surface area contributed by atoms with E-state index in [1.54, 1.807) is 6.08 Å². The average molecular weight is 252 g/mol. The standard InChI is InChI=1S/C18H20O/c1-2-3-11-16-13-14-18(19)17(16)12-7-10-15-8-5-4-6-9-15/h4-10,12-14,16H,2-3,11H2,1H3. The van der Waals surface area contributed by atoms with E-state index in [1.807, 2.05) is 42.5 Å². The molecule has 0 aromatic heterocycles. The molecule has 1 aromatic rings. The lowest BCUT2D eigenvalue weighted by Gasteiger charge is -2.08. The molecular weight excluding hydrogens is 232 g/mol. The van der Waals surface area contributed by atoms with E-state index in [0.29, 0.717) is 5.92 Å². The molecule has 0 amide bonds. The lowest BCUT2D eigenvalue weighted by Crippen LogP contribution is -2.02. The number of carbonyl (C=O) groups is 1. The van der Waals surface area contributed by atoms with Crippen LogP contribution in [0.3, 0.4) is 0 Å². The minimum absolute atomic E-state index is 0.166. The fraction of sp³-hybridized carbons (Fsp3) is 0.278. The van der Waals surface area contributed by atoms with E-state index in [0.717, 1.165) is 17.6 Å². The Balaban J connectivity index is 2.04. The van der Waals surface area contributed by atoms with Gasteiger partial charge >= 0.3 is 0 Å². The van der Waals surface area contributed by atoms with Crippen molar-refractivity contribution in [3.63, 3.8) is 0 Å². The van der Waals surface area contributed by atoms with E-state index >= 15 is 0 Å². The van der Waals surface area contributed by atoms with Gasteiger partial charge in [0.05, 0.1) is 0 Å². The molecule has 0 bridgehead atoms. The number of hydrogen-bond acceptors (Lipinski definition) is 1. The second-order valence-electron chi connectivity index (χ2n) is 4.86. The Kier molecular flexibility index (Phi) is 4.91. The lowest BCUT2D eigenvalue weighted by atomic mass is 9.95. The van der Waals surface area contributed by atoms with Gasteiger partial charge in [0.2, 0.25) is 0 Å². The third kappa shape index (κ3) is 3.78. The van der Waals surface area contributed by atoms with Gasteiger partial charge in [-0.3, -0.25) is 4.79 Å². The third-order valence-electron chi connectivity index (χ3n) is 3.40. The molecule has 0 aliphatic heterocycles. The summed E-state index contributed by atoms with van der Waals surface area (Å²) in [6, 6.07) is 10.1. The van der Waals surface area contributed by atoms with E-state index < -0.39 is 0 Å². The zero-order chi connectivity index (χ0) is 13.5. The van der Waals surface area contributed by atoms with E-state index in [2.05, 4.69) is 19.1 Å². The lowest BCUT2D eigenvalue weighted by molar-refractivity contribution is -0.111. The Hall–Kier alpha value is -1.89. The van der Waals surface area contributed by atoms with Crippen molar-refractivity contribution < 1.29 is 4.79 Å². The number of carbonyl (C=O) groups excluding carboxylic acids is 1. The zero-order valence-corrected chi connectivity index (χ0v) is 11.4. The summed E-state index contributed by atoms with van der Waals surface area (Å²) >= 11 is 0. The Morgan fingerprint density at radius 3 is 2.74 bits per heavy atom. The van der Waals surface area contributed by atoms with E-state index in [9.17, 15) is 4.79 Å². The summed E-state index contributed by atoms with van der Waals surface area (Å²) in [5.41, 5.74) is 2.09. The highest BCUT2D eigenvalue weighted by molar-refractivity contribution is 6.07. The molecule has 1 aliphatic carbocycles. The maximum absolute atomic E-state index is 11.8. The Morgan fingerprint density at radius 2 is 2.00 bits per heavy atom. The first kappa shape index (κ1) is 13.5. The predicted octanol–water partition coefficient (Wildman–Crippen LogP) is 4.57. The summed E-state index contributed by atoms with van der Waals surface area (Å²) in [5.74, 6) is 0.478. The largest absolute Gasteiger partial charge is 0.290 e. The van der Waals surface area contributed by atoms with E-state index in [1.165, 1.54) is 12.8 Å². The molecular formula is C18H20O. The number of rotatable bonds is 5. The molecule has 98 valence electrons. The molecule has 0 saturated heterocycles. The fourth-order valence-electron chi connectivity index (χ4n) is 2.29. The second-order valence-corrected chi connectivity index (χ2v) is 4.86. The summed E-state index contributed by atoms with van der Waals surface area (Å²) in [5, 5.41) is 0. The van der Waals surface area contributed by atoms with Crippen LogP contribution in [-0.4, -0.2) is 5.78 Å². The van der Waals surface area contributed by atoms with Gasteiger partial charge in [-0.2, -0.15) is 0 Å². The molecule has 0 spiro atoms. The first-order chi connectivity index (χ1) is 9.31. The normalized spacial score (nSPS) is 20.8. The summed E-state index contributed by atoms with van der Waals surface area (Å²) in [7, 11) is 0. The molecule has 1 nitrogen and oxygen atoms in total. The number of hydrogen-bond donors (Lipinski definition) is 0. The highest BCUT2D eigenvalue weighted by Crippen LogP contribution is 2.26. The van der Waals surface area contributed by atoms with Crippen molar-refractivity contribution in [1.29, 1.82) is 0 Å². The van der Waals surface area contributed by atoms with Gasteiger partial charge in [0.1, 0.15) is 0 Å². The molecule has 0 radical (unpaired) electrons. The van der Waals surface area contributed by atoms with Crippen molar-refractivity contribution in [1.82, 2.24) is 0 Å². The quantitative estimate of drug-likeness (QED) is 0.701. The molecule has 1 aliphatic rings. The molecule has 0 N–H and O–H groups in total. The molecule has 1 aromatic carbocycles. The maximum Gasteiger partial charge on any atom is 0.182 e. The number of unbranched alkanes of at least 4 members (excludes halogenated alkanes) is 1. The van der Waals surface area contributed by atoms with Gasteiger partial charge in [-0.1, -0.05) is 74.4 Å². The van der Waals surface area contributed by atoms with Gasteiger partial charge in [-0.05, 0) is 18.1 Å². The van der Waals surface area contributed by atoms with Crippen molar-refractivity contribution in [3.05, 3.63) is 65.8 Å². The molecule has 0 saturated carbocycles. The van der Waals surface area contributed by atoms with Crippen LogP contribution in [0.4, 0.5) is 0 Å². The summed E-state index contributed by atoms with van der Waals surface area (Å²) in [4.78, 5) is 11.8. The van der Waals surface area contributed by atoms with Crippen molar-refractivity contribution >= 4 is 11.9 Å². The van der Waals surface area contributed by atoms with Crippen LogP contribution in [0, 0.1) is 5.92 Å². The van der Waals surface area contributed by atoms with E-state index in [-0.39, 0.29) is 5.78 Å². The van der Waals surface area contributed by atoms with Crippen LogP contribution in [0.5, 0.6) is 0 Å². The van der Waals surface area contributed by atoms with Crippen LogP contribution in [0.2, 0.25) is 0 Å². The van der Waals surface area contributed by atoms with Crippen molar-refractivity contribution in [2.45, 2.75) is 26.2 Å².